The highest BCUT2D eigenvalue weighted by atomic mass is 79.9. The standard InChI is InChI=1S/C15H15Br2NO3/c1-8-6-11(16)13(12(17)7-8)18-14(19)9-4-2-3-5-10(9)15(20)21/h2-3,6-7,9-10H,4-5H2,1H3,(H,18,19)(H,20,21)/t9-,10+/m1/s1. The molecule has 2 N–H and O–H groups in total. The van der Waals surface area contributed by atoms with E-state index in [1.54, 1.807) is 0 Å². The number of aliphatic carboxylic acids is 1. The highest BCUT2D eigenvalue weighted by Crippen LogP contribution is 2.34. The summed E-state index contributed by atoms with van der Waals surface area (Å²) >= 11 is 6.84. The van der Waals surface area contributed by atoms with Crippen LogP contribution in [0.25, 0.3) is 0 Å². The second-order valence-electron chi connectivity index (χ2n) is 5.09. The quantitative estimate of drug-likeness (QED) is 0.728. The van der Waals surface area contributed by atoms with E-state index in [1.807, 2.05) is 31.2 Å². The van der Waals surface area contributed by atoms with Gasteiger partial charge in [0.2, 0.25) is 5.91 Å². The number of amides is 1. The third-order valence-electron chi connectivity index (χ3n) is 3.52. The van der Waals surface area contributed by atoms with E-state index in [4.69, 9.17) is 0 Å². The zero-order valence-electron chi connectivity index (χ0n) is 11.4. The molecule has 1 aliphatic rings. The first-order chi connectivity index (χ1) is 9.90. The third-order valence-corrected chi connectivity index (χ3v) is 4.77. The number of halogens is 2. The van der Waals surface area contributed by atoms with Gasteiger partial charge >= 0.3 is 5.97 Å². The molecule has 4 nitrogen and oxygen atoms in total. The Balaban J connectivity index is 2.21. The number of allylic oxidation sites excluding steroid dienone is 2. The summed E-state index contributed by atoms with van der Waals surface area (Å²) < 4.78 is 1.53. The van der Waals surface area contributed by atoms with Crippen molar-refractivity contribution in [1.29, 1.82) is 0 Å². The number of aryl methyl sites for hydroxylation is 1. The summed E-state index contributed by atoms with van der Waals surface area (Å²) in [7, 11) is 0. The van der Waals surface area contributed by atoms with Gasteiger partial charge in [0.05, 0.1) is 17.5 Å². The molecule has 1 aromatic carbocycles. The Kier molecular flexibility index (Phi) is 5.22. The number of rotatable bonds is 3. The van der Waals surface area contributed by atoms with Crippen molar-refractivity contribution in [3.8, 4) is 0 Å². The van der Waals surface area contributed by atoms with Crippen LogP contribution in [-0.4, -0.2) is 17.0 Å². The highest BCUT2D eigenvalue weighted by molar-refractivity contribution is 9.11. The predicted molar refractivity (Wildman–Crippen MR) is 88.2 cm³/mol. The molecule has 21 heavy (non-hydrogen) atoms. The van der Waals surface area contributed by atoms with Gasteiger partial charge < -0.3 is 10.4 Å². The number of carbonyl (C=O) groups is 2. The molecule has 0 saturated carbocycles. The van der Waals surface area contributed by atoms with Gasteiger partial charge in [-0.2, -0.15) is 0 Å². The molecule has 1 aliphatic carbocycles. The van der Waals surface area contributed by atoms with Gasteiger partial charge in [0.15, 0.2) is 0 Å². The van der Waals surface area contributed by atoms with Crippen molar-refractivity contribution < 1.29 is 14.7 Å². The van der Waals surface area contributed by atoms with Gasteiger partial charge in [0.1, 0.15) is 0 Å². The fourth-order valence-electron chi connectivity index (χ4n) is 2.41. The van der Waals surface area contributed by atoms with Crippen molar-refractivity contribution in [2.24, 2.45) is 11.8 Å². The van der Waals surface area contributed by atoms with Gasteiger partial charge in [-0.15, -0.1) is 0 Å². The van der Waals surface area contributed by atoms with Crippen LogP contribution in [0.3, 0.4) is 0 Å². The summed E-state index contributed by atoms with van der Waals surface area (Å²) in [5.41, 5.74) is 1.68. The highest BCUT2D eigenvalue weighted by Gasteiger charge is 2.34. The number of carboxylic acid groups (broad SMARTS) is 1. The molecule has 0 saturated heterocycles. The van der Waals surface area contributed by atoms with E-state index in [9.17, 15) is 14.7 Å². The molecule has 2 rings (SSSR count). The van der Waals surface area contributed by atoms with E-state index in [-0.39, 0.29) is 5.91 Å². The summed E-state index contributed by atoms with van der Waals surface area (Å²) in [6.45, 7) is 1.95. The Morgan fingerprint density at radius 3 is 2.19 bits per heavy atom. The van der Waals surface area contributed by atoms with E-state index in [2.05, 4.69) is 37.2 Å². The maximum atomic E-state index is 12.4. The molecule has 0 aromatic heterocycles. The Bertz CT molecular complexity index is 590. The fraction of sp³-hybridized carbons (Fsp3) is 0.333. The normalized spacial score (nSPS) is 21.1. The second-order valence-corrected chi connectivity index (χ2v) is 6.80. The summed E-state index contributed by atoms with van der Waals surface area (Å²) in [5, 5.41) is 12.1. The number of hydrogen-bond acceptors (Lipinski definition) is 2. The van der Waals surface area contributed by atoms with Gasteiger partial charge in [0, 0.05) is 8.95 Å². The van der Waals surface area contributed by atoms with Gasteiger partial charge in [-0.1, -0.05) is 12.2 Å². The number of nitrogens with one attached hydrogen (secondary N) is 1. The molecule has 0 spiro atoms. The van der Waals surface area contributed by atoms with Gasteiger partial charge in [0.25, 0.3) is 0 Å². The van der Waals surface area contributed by atoms with Gasteiger partial charge in [-0.25, -0.2) is 0 Å². The van der Waals surface area contributed by atoms with Crippen LogP contribution < -0.4 is 5.32 Å². The van der Waals surface area contributed by atoms with Crippen molar-refractivity contribution in [3.63, 3.8) is 0 Å². The molecular weight excluding hydrogens is 402 g/mol. The molecule has 0 heterocycles. The topological polar surface area (TPSA) is 66.4 Å². The SMILES string of the molecule is Cc1cc(Br)c(NC(=O)[C@@H]2CC=CC[C@@H]2C(=O)O)c(Br)c1. The Morgan fingerprint density at radius 2 is 1.67 bits per heavy atom. The molecule has 2 atom stereocenters. The van der Waals surface area contributed by atoms with Gasteiger partial charge in [-0.3, -0.25) is 9.59 Å². The zero-order valence-corrected chi connectivity index (χ0v) is 14.6. The molecule has 0 fully saturated rings. The number of carbonyl (C=O) groups excluding carboxylic acids is 1. The van der Waals surface area contributed by atoms with E-state index < -0.39 is 17.8 Å². The lowest BCUT2D eigenvalue weighted by Crippen LogP contribution is -2.34. The van der Waals surface area contributed by atoms with Crippen molar-refractivity contribution in [2.75, 3.05) is 5.32 Å². The minimum atomic E-state index is -0.929. The first-order valence-electron chi connectivity index (χ1n) is 6.54. The number of anilines is 1. The van der Waals surface area contributed by atoms with Crippen molar-refractivity contribution in [3.05, 3.63) is 38.8 Å². The van der Waals surface area contributed by atoms with Crippen molar-refractivity contribution in [1.82, 2.24) is 0 Å². The minimum Gasteiger partial charge on any atom is -0.481 e. The number of carboxylic acids is 1. The fourth-order valence-corrected chi connectivity index (χ4v) is 4.03. The first-order valence-corrected chi connectivity index (χ1v) is 8.13. The first kappa shape index (κ1) is 16.2. The average molecular weight is 417 g/mol. The number of benzene rings is 1. The van der Waals surface area contributed by atoms with E-state index in [1.165, 1.54) is 0 Å². The molecular formula is C15H15Br2NO3. The summed E-state index contributed by atoms with van der Waals surface area (Å²) in [4.78, 5) is 23.7. The molecule has 0 bridgehead atoms. The van der Waals surface area contributed by atoms with Crippen LogP contribution in [0.15, 0.2) is 33.2 Å². The smallest absolute Gasteiger partial charge is 0.307 e. The van der Waals surface area contributed by atoms with Crippen LogP contribution in [0.4, 0.5) is 5.69 Å². The van der Waals surface area contributed by atoms with Crippen LogP contribution in [0.2, 0.25) is 0 Å². The lowest BCUT2D eigenvalue weighted by molar-refractivity contribution is -0.146. The largest absolute Gasteiger partial charge is 0.481 e. The monoisotopic (exact) mass is 415 g/mol. The molecule has 6 heteroatoms. The van der Waals surface area contributed by atoms with Crippen LogP contribution in [0.5, 0.6) is 0 Å². The molecule has 0 aliphatic heterocycles. The summed E-state index contributed by atoms with van der Waals surface area (Å²) in [6.07, 6.45) is 4.52. The lowest BCUT2D eigenvalue weighted by atomic mass is 9.82. The van der Waals surface area contributed by atoms with Crippen LogP contribution in [-0.2, 0) is 9.59 Å². The molecule has 1 aromatic rings. The van der Waals surface area contributed by atoms with Crippen LogP contribution >= 0.6 is 31.9 Å². The average Bonchev–Trinajstić information content (AvgIpc) is 2.42. The summed E-state index contributed by atoms with van der Waals surface area (Å²) in [6, 6.07) is 3.80. The Morgan fingerprint density at radius 1 is 1.14 bits per heavy atom. The maximum Gasteiger partial charge on any atom is 0.307 e. The Labute approximate surface area is 139 Å². The molecule has 0 radical (unpaired) electrons. The molecule has 112 valence electrons. The van der Waals surface area contributed by atoms with Crippen molar-refractivity contribution >= 4 is 49.4 Å². The zero-order chi connectivity index (χ0) is 15.6. The number of hydrogen-bond donors (Lipinski definition) is 2. The van der Waals surface area contributed by atoms with Gasteiger partial charge in [-0.05, 0) is 69.3 Å². The van der Waals surface area contributed by atoms with Crippen molar-refractivity contribution in [2.45, 2.75) is 19.8 Å². The van der Waals surface area contributed by atoms with E-state index in [0.29, 0.717) is 18.5 Å². The van der Waals surface area contributed by atoms with Crippen LogP contribution in [0.1, 0.15) is 18.4 Å². The van der Waals surface area contributed by atoms with E-state index in [0.717, 1.165) is 14.5 Å². The maximum absolute atomic E-state index is 12.4. The van der Waals surface area contributed by atoms with E-state index >= 15 is 0 Å². The Hall–Kier alpha value is -1.14. The lowest BCUT2D eigenvalue weighted by Gasteiger charge is -2.24. The third kappa shape index (κ3) is 3.74. The molecule has 0 unspecified atom stereocenters. The minimum absolute atomic E-state index is 0.267. The van der Waals surface area contributed by atoms with Crippen LogP contribution in [0, 0.1) is 18.8 Å². The predicted octanol–water partition coefficient (Wildman–Crippen LogP) is 4.13. The molecule has 1 amide bonds. The second kappa shape index (κ2) is 6.75. The summed E-state index contributed by atoms with van der Waals surface area (Å²) in [5.74, 6) is -2.41.